The topological polar surface area (TPSA) is 34.1 Å². The molecule has 0 saturated carbocycles. The number of fused-ring (bicyclic) bond motifs is 2. The molecular formula is C21H20Cl2N2O. The van der Waals surface area contributed by atoms with Gasteiger partial charge in [0.25, 0.3) is 0 Å². The quantitative estimate of drug-likeness (QED) is 0.558. The van der Waals surface area contributed by atoms with Gasteiger partial charge in [-0.25, -0.2) is 0 Å². The number of aromatic nitrogens is 1. The molecule has 1 aliphatic carbocycles. The van der Waals surface area contributed by atoms with Crippen LogP contribution in [0.5, 0.6) is 5.75 Å². The summed E-state index contributed by atoms with van der Waals surface area (Å²) in [6, 6.07) is 9.76. The Bertz CT molecular complexity index is 1000. The Morgan fingerprint density at radius 3 is 2.69 bits per heavy atom. The average Bonchev–Trinajstić information content (AvgIpc) is 2.64. The molecule has 3 aromatic rings. The molecule has 26 heavy (non-hydrogen) atoms. The molecule has 0 atom stereocenters. The van der Waals surface area contributed by atoms with Gasteiger partial charge < -0.3 is 10.1 Å². The summed E-state index contributed by atoms with van der Waals surface area (Å²) in [5.74, 6) is 0.726. The third-order valence-electron chi connectivity index (χ3n) is 4.97. The lowest BCUT2D eigenvalue weighted by Gasteiger charge is -2.23. The van der Waals surface area contributed by atoms with Crippen LogP contribution in [0, 0.1) is 6.92 Å². The second kappa shape index (κ2) is 6.98. The van der Waals surface area contributed by atoms with Gasteiger partial charge in [-0.3, -0.25) is 4.98 Å². The summed E-state index contributed by atoms with van der Waals surface area (Å²) in [7, 11) is 1.66. The molecule has 0 aliphatic heterocycles. The molecule has 4 rings (SSSR count). The van der Waals surface area contributed by atoms with Crippen LogP contribution < -0.4 is 10.1 Å². The van der Waals surface area contributed by atoms with Crippen molar-refractivity contribution in [2.24, 2.45) is 0 Å². The van der Waals surface area contributed by atoms with Crippen molar-refractivity contribution in [3.8, 4) is 5.75 Å². The first kappa shape index (κ1) is 17.4. The van der Waals surface area contributed by atoms with Gasteiger partial charge in [0, 0.05) is 27.2 Å². The molecule has 0 spiro atoms. The van der Waals surface area contributed by atoms with Crippen LogP contribution in [-0.4, -0.2) is 12.1 Å². The largest absolute Gasteiger partial charge is 0.495 e. The molecular weight excluding hydrogens is 367 g/mol. The number of nitrogens with one attached hydrogen (secondary N) is 1. The Morgan fingerprint density at radius 1 is 1.08 bits per heavy atom. The van der Waals surface area contributed by atoms with Crippen molar-refractivity contribution < 1.29 is 4.74 Å². The first-order valence-electron chi connectivity index (χ1n) is 8.79. The van der Waals surface area contributed by atoms with Crippen LogP contribution in [0.1, 0.15) is 29.7 Å². The second-order valence-corrected chi connectivity index (χ2v) is 7.55. The van der Waals surface area contributed by atoms with E-state index in [9.17, 15) is 0 Å². The highest BCUT2D eigenvalue weighted by atomic mass is 35.5. The van der Waals surface area contributed by atoms with E-state index in [1.54, 1.807) is 7.11 Å². The first-order valence-corrected chi connectivity index (χ1v) is 9.54. The number of ether oxygens (including phenoxy) is 1. The average molecular weight is 387 g/mol. The fourth-order valence-corrected chi connectivity index (χ4v) is 3.93. The molecule has 134 valence electrons. The zero-order chi connectivity index (χ0) is 18.3. The summed E-state index contributed by atoms with van der Waals surface area (Å²) in [4.78, 5) is 4.88. The highest BCUT2D eigenvalue weighted by molar-refractivity contribution is 6.32. The maximum absolute atomic E-state index is 6.26. The van der Waals surface area contributed by atoms with Gasteiger partial charge in [-0.1, -0.05) is 23.2 Å². The number of aryl methyl sites for hydroxylation is 2. The van der Waals surface area contributed by atoms with Crippen LogP contribution in [0.4, 0.5) is 11.4 Å². The lowest BCUT2D eigenvalue weighted by molar-refractivity contribution is 0.417. The maximum atomic E-state index is 6.26. The molecule has 1 aliphatic rings. The summed E-state index contributed by atoms with van der Waals surface area (Å²) in [6.45, 7) is 1.99. The number of anilines is 2. The van der Waals surface area contributed by atoms with Crippen molar-refractivity contribution in [2.75, 3.05) is 12.4 Å². The minimum atomic E-state index is 0.695. The predicted molar refractivity (Wildman–Crippen MR) is 109 cm³/mol. The van der Waals surface area contributed by atoms with Gasteiger partial charge in [-0.15, -0.1) is 0 Å². The monoisotopic (exact) mass is 386 g/mol. The molecule has 1 aromatic heterocycles. The Balaban J connectivity index is 1.92. The number of nitrogens with zero attached hydrogens (tertiary/aromatic N) is 1. The highest BCUT2D eigenvalue weighted by Crippen LogP contribution is 2.39. The molecule has 3 nitrogen and oxygen atoms in total. The van der Waals surface area contributed by atoms with E-state index in [0.29, 0.717) is 10.0 Å². The van der Waals surface area contributed by atoms with Crippen LogP contribution in [-0.2, 0) is 12.8 Å². The van der Waals surface area contributed by atoms with E-state index in [1.807, 2.05) is 37.3 Å². The molecule has 0 radical (unpaired) electrons. The summed E-state index contributed by atoms with van der Waals surface area (Å²) in [5, 5.41) is 6.08. The van der Waals surface area contributed by atoms with E-state index in [2.05, 4.69) is 5.32 Å². The lowest BCUT2D eigenvalue weighted by Crippen LogP contribution is -2.10. The number of halogens is 2. The molecule has 0 bridgehead atoms. The fourth-order valence-electron chi connectivity index (χ4n) is 3.61. The number of rotatable bonds is 3. The molecule has 1 N–H and O–H groups in total. The van der Waals surface area contributed by atoms with Crippen molar-refractivity contribution in [3.05, 3.63) is 57.2 Å². The summed E-state index contributed by atoms with van der Waals surface area (Å²) < 4.78 is 5.54. The molecule has 5 heteroatoms. The normalized spacial score (nSPS) is 13.5. The molecule has 2 aromatic carbocycles. The van der Waals surface area contributed by atoms with Gasteiger partial charge >= 0.3 is 0 Å². The van der Waals surface area contributed by atoms with E-state index in [1.165, 1.54) is 18.4 Å². The van der Waals surface area contributed by atoms with E-state index < -0.39 is 0 Å². The lowest BCUT2D eigenvalue weighted by atomic mass is 9.92. The number of hydrogen-bond donors (Lipinski definition) is 1. The minimum Gasteiger partial charge on any atom is -0.495 e. The minimum absolute atomic E-state index is 0.695. The Hall–Kier alpha value is -1.97. The van der Waals surface area contributed by atoms with Crippen molar-refractivity contribution in [1.29, 1.82) is 0 Å². The zero-order valence-electron chi connectivity index (χ0n) is 14.8. The van der Waals surface area contributed by atoms with Crippen LogP contribution in [0.3, 0.4) is 0 Å². The summed E-state index contributed by atoms with van der Waals surface area (Å²) >= 11 is 12.5. The van der Waals surface area contributed by atoms with Gasteiger partial charge in [0.1, 0.15) is 5.75 Å². The number of hydrogen-bond acceptors (Lipinski definition) is 3. The fraction of sp³-hybridized carbons (Fsp3) is 0.286. The standard InChI is InChI=1S/C21H20Cl2N2O/c1-12-9-19(20(26-2)11-16(12)23)25-21-14-5-3-4-6-17(14)24-18-10-13(22)7-8-15(18)21/h7-11H,3-6H2,1-2H3,(H,24,25). The van der Waals surface area contributed by atoms with E-state index in [4.69, 9.17) is 32.9 Å². The number of pyridine rings is 1. The van der Waals surface area contributed by atoms with Crippen LogP contribution in [0.2, 0.25) is 10.0 Å². The second-order valence-electron chi connectivity index (χ2n) is 6.71. The van der Waals surface area contributed by atoms with Crippen LogP contribution in [0.15, 0.2) is 30.3 Å². The van der Waals surface area contributed by atoms with Gasteiger partial charge in [0.15, 0.2) is 0 Å². The van der Waals surface area contributed by atoms with Crippen molar-refractivity contribution in [3.63, 3.8) is 0 Å². The highest BCUT2D eigenvalue weighted by Gasteiger charge is 2.19. The Morgan fingerprint density at radius 2 is 1.88 bits per heavy atom. The van der Waals surface area contributed by atoms with E-state index in [0.717, 1.165) is 52.1 Å². The number of benzene rings is 2. The molecule has 0 unspecified atom stereocenters. The Labute approximate surface area is 163 Å². The summed E-state index contributed by atoms with van der Waals surface area (Å²) in [6.07, 6.45) is 4.38. The van der Waals surface area contributed by atoms with Crippen LogP contribution in [0.25, 0.3) is 10.9 Å². The zero-order valence-corrected chi connectivity index (χ0v) is 16.3. The van der Waals surface area contributed by atoms with Gasteiger partial charge in [0.05, 0.1) is 24.0 Å². The third kappa shape index (κ3) is 3.10. The van der Waals surface area contributed by atoms with E-state index in [-0.39, 0.29) is 0 Å². The van der Waals surface area contributed by atoms with E-state index >= 15 is 0 Å². The SMILES string of the molecule is COc1cc(Cl)c(C)cc1Nc1c2c(nc3cc(Cl)ccc13)CCCC2. The van der Waals surface area contributed by atoms with Crippen molar-refractivity contribution >= 4 is 45.5 Å². The third-order valence-corrected chi connectivity index (χ3v) is 5.61. The number of methoxy groups -OCH3 is 1. The molecule has 0 amide bonds. The van der Waals surface area contributed by atoms with Gasteiger partial charge in [-0.2, -0.15) is 0 Å². The molecule has 1 heterocycles. The molecule has 0 saturated heterocycles. The van der Waals surface area contributed by atoms with Gasteiger partial charge in [-0.05, 0) is 68.0 Å². The van der Waals surface area contributed by atoms with Crippen LogP contribution >= 0.6 is 23.2 Å². The predicted octanol–water partition coefficient (Wildman–Crippen LogP) is 6.48. The summed E-state index contributed by atoms with van der Waals surface area (Å²) in [5.41, 5.74) is 6.39. The van der Waals surface area contributed by atoms with Crippen molar-refractivity contribution in [2.45, 2.75) is 32.6 Å². The van der Waals surface area contributed by atoms with Gasteiger partial charge in [0.2, 0.25) is 0 Å². The maximum Gasteiger partial charge on any atom is 0.143 e. The Kier molecular flexibility index (Phi) is 4.68. The first-order chi connectivity index (χ1) is 12.6. The molecule has 0 fully saturated rings. The van der Waals surface area contributed by atoms with Crippen molar-refractivity contribution in [1.82, 2.24) is 4.98 Å². The smallest absolute Gasteiger partial charge is 0.143 e.